The van der Waals surface area contributed by atoms with Crippen molar-refractivity contribution >= 4 is 0 Å². The Balaban J connectivity index is 2.29. The van der Waals surface area contributed by atoms with Crippen molar-refractivity contribution in [2.24, 2.45) is 0 Å². The molecule has 3 heteroatoms. The molecule has 0 aliphatic rings. The number of rotatable bonds is 2. The molecule has 0 saturated heterocycles. The van der Waals surface area contributed by atoms with Crippen LogP contribution in [0.5, 0.6) is 11.6 Å². The van der Waals surface area contributed by atoms with Gasteiger partial charge in [0, 0.05) is 11.8 Å². The molecule has 0 amide bonds. The summed E-state index contributed by atoms with van der Waals surface area (Å²) in [5, 5.41) is 8.82. The van der Waals surface area contributed by atoms with Gasteiger partial charge in [-0.3, -0.25) is 0 Å². The molecule has 2 aromatic rings. The van der Waals surface area contributed by atoms with Crippen molar-refractivity contribution < 1.29 is 4.74 Å². The minimum Gasteiger partial charge on any atom is -0.439 e. The zero-order chi connectivity index (χ0) is 11.4. The van der Waals surface area contributed by atoms with Gasteiger partial charge in [-0.25, -0.2) is 4.98 Å². The predicted molar refractivity (Wildman–Crippen MR) is 60.2 cm³/mol. The molecule has 0 radical (unpaired) electrons. The Morgan fingerprint density at radius 2 is 1.94 bits per heavy atom. The zero-order valence-electron chi connectivity index (χ0n) is 8.84. The van der Waals surface area contributed by atoms with E-state index in [0.29, 0.717) is 17.2 Å². The highest BCUT2D eigenvalue weighted by Crippen LogP contribution is 2.20. The number of ether oxygens (including phenoxy) is 1. The second-order valence-electron chi connectivity index (χ2n) is 3.36. The van der Waals surface area contributed by atoms with Gasteiger partial charge in [-0.05, 0) is 25.1 Å². The number of aryl methyl sites for hydroxylation is 1. The Kier molecular flexibility index (Phi) is 2.84. The maximum absolute atomic E-state index is 8.82. The first-order valence-corrected chi connectivity index (χ1v) is 4.89. The summed E-state index contributed by atoms with van der Waals surface area (Å²) < 4.78 is 5.54. The number of nitrogens with zero attached hydrogens (tertiary/aromatic N) is 2. The standard InChI is InChI=1S/C13H10N2O/c1-10-7-11(9-14)8-13(15-10)16-12-5-3-2-4-6-12/h2-8H,1H3. The molecule has 16 heavy (non-hydrogen) atoms. The minimum atomic E-state index is 0.447. The highest BCUT2D eigenvalue weighted by atomic mass is 16.5. The Bertz CT molecular complexity index is 529. The molecule has 0 atom stereocenters. The van der Waals surface area contributed by atoms with E-state index in [9.17, 15) is 0 Å². The minimum absolute atomic E-state index is 0.447. The van der Waals surface area contributed by atoms with Gasteiger partial charge in [0.25, 0.3) is 0 Å². The predicted octanol–water partition coefficient (Wildman–Crippen LogP) is 3.05. The van der Waals surface area contributed by atoms with Gasteiger partial charge in [-0.15, -0.1) is 0 Å². The van der Waals surface area contributed by atoms with E-state index in [0.717, 1.165) is 5.69 Å². The average Bonchev–Trinajstić information content (AvgIpc) is 2.29. The fourth-order valence-electron chi connectivity index (χ4n) is 1.36. The van der Waals surface area contributed by atoms with Crippen LogP contribution < -0.4 is 4.74 Å². The lowest BCUT2D eigenvalue weighted by Gasteiger charge is -2.05. The van der Waals surface area contributed by atoms with Gasteiger partial charge in [0.2, 0.25) is 5.88 Å². The molecule has 0 bridgehead atoms. The first kappa shape index (κ1) is 10.2. The lowest BCUT2D eigenvalue weighted by molar-refractivity contribution is 0.461. The monoisotopic (exact) mass is 210 g/mol. The van der Waals surface area contributed by atoms with Gasteiger partial charge in [0.05, 0.1) is 11.6 Å². The Morgan fingerprint density at radius 1 is 1.19 bits per heavy atom. The van der Waals surface area contributed by atoms with Crippen LogP contribution in [0.2, 0.25) is 0 Å². The van der Waals surface area contributed by atoms with Crippen LogP contribution in [-0.2, 0) is 0 Å². The van der Waals surface area contributed by atoms with Crippen LogP contribution >= 0.6 is 0 Å². The van der Waals surface area contributed by atoms with Gasteiger partial charge >= 0.3 is 0 Å². The van der Waals surface area contributed by atoms with Crippen LogP contribution in [0, 0.1) is 18.3 Å². The first-order chi connectivity index (χ1) is 7.78. The van der Waals surface area contributed by atoms with E-state index in [1.165, 1.54) is 0 Å². The summed E-state index contributed by atoms with van der Waals surface area (Å²) in [6.07, 6.45) is 0. The molecule has 0 aliphatic heterocycles. The van der Waals surface area contributed by atoms with Crippen LogP contribution in [0.4, 0.5) is 0 Å². The second-order valence-corrected chi connectivity index (χ2v) is 3.36. The van der Waals surface area contributed by atoms with E-state index in [1.807, 2.05) is 37.3 Å². The topological polar surface area (TPSA) is 45.9 Å². The zero-order valence-corrected chi connectivity index (χ0v) is 8.84. The summed E-state index contributed by atoms with van der Waals surface area (Å²) in [6.45, 7) is 1.83. The number of benzene rings is 1. The molecule has 0 saturated carbocycles. The largest absolute Gasteiger partial charge is 0.439 e. The second kappa shape index (κ2) is 4.45. The molecule has 0 spiro atoms. The number of hydrogen-bond acceptors (Lipinski definition) is 3. The maximum atomic E-state index is 8.82. The smallest absolute Gasteiger partial charge is 0.220 e. The number of pyridine rings is 1. The number of aromatic nitrogens is 1. The lowest BCUT2D eigenvalue weighted by atomic mass is 10.2. The molecule has 1 heterocycles. The van der Waals surface area contributed by atoms with Crippen LogP contribution in [0.3, 0.4) is 0 Å². The quantitative estimate of drug-likeness (QED) is 0.765. The van der Waals surface area contributed by atoms with Gasteiger partial charge in [0.15, 0.2) is 0 Å². The van der Waals surface area contributed by atoms with Crippen LogP contribution in [0.1, 0.15) is 11.3 Å². The van der Waals surface area contributed by atoms with Crippen LogP contribution in [0.25, 0.3) is 0 Å². The van der Waals surface area contributed by atoms with E-state index in [2.05, 4.69) is 11.1 Å². The van der Waals surface area contributed by atoms with E-state index in [-0.39, 0.29) is 0 Å². The molecule has 2 rings (SSSR count). The van der Waals surface area contributed by atoms with Crippen LogP contribution in [0.15, 0.2) is 42.5 Å². The van der Waals surface area contributed by atoms with Gasteiger partial charge < -0.3 is 4.74 Å². The van der Waals surface area contributed by atoms with Gasteiger partial charge in [-0.1, -0.05) is 18.2 Å². The average molecular weight is 210 g/mol. The van der Waals surface area contributed by atoms with E-state index in [4.69, 9.17) is 10.00 Å². The summed E-state index contributed by atoms with van der Waals surface area (Å²) in [7, 11) is 0. The maximum Gasteiger partial charge on any atom is 0.220 e. The normalized spacial score (nSPS) is 9.50. The van der Waals surface area contributed by atoms with Crippen molar-refractivity contribution in [1.29, 1.82) is 5.26 Å². The third-order valence-electron chi connectivity index (χ3n) is 2.02. The summed E-state index contributed by atoms with van der Waals surface area (Å²) in [5.41, 5.74) is 1.32. The van der Waals surface area contributed by atoms with Crippen LogP contribution in [-0.4, -0.2) is 4.98 Å². The van der Waals surface area contributed by atoms with Crippen molar-refractivity contribution in [2.45, 2.75) is 6.92 Å². The fraction of sp³-hybridized carbons (Fsp3) is 0.0769. The Hall–Kier alpha value is -2.34. The molecular formula is C13H10N2O. The van der Waals surface area contributed by atoms with Gasteiger partial charge in [-0.2, -0.15) is 5.26 Å². The number of para-hydroxylation sites is 1. The molecule has 3 nitrogen and oxygen atoms in total. The molecule has 1 aromatic heterocycles. The highest BCUT2D eigenvalue weighted by Gasteiger charge is 2.01. The lowest BCUT2D eigenvalue weighted by Crippen LogP contribution is -1.91. The highest BCUT2D eigenvalue weighted by molar-refractivity contribution is 5.36. The summed E-state index contributed by atoms with van der Waals surface area (Å²) in [5.74, 6) is 1.16. The fourth-order valence-corrected chi connectivity index (χ4v) is 1.36. The van der Waals surface area contributed by atoms with Crippen molar-refractivity contribution in [1.82, 2.24) is 4.98 Å². The SMILES string of the molecule is Cc1cc(C#N)cc(Oc2ccccc2)n1. The molecule has 78 valence electrons. The molecule has 1 aromatic carbocycles. The van der Waals surface area contributed by atoms with Crippen molar-refractivity contribution in [3.63, 3.8) is 0 Å². The van der Waals surface area contributed by atoms with E-state index >= 15 is 0 Å². The summed E-state index contributed by atoms with van der Waals surface area (Å²) in [4.78, 5) is 4.20. The van der Waals surface area contributed by atoms with Crippen molar-refractivity contribution in [3.8, 4) is 17.7 Å². The Labute approximate surface area is 93.9 Å². The summed E-state index contributed by atoms with van der Waals surface area (Å²) >= 11 is 0. The van der Waals surface area contributed by atoms with Gasteiger partial charge in [0.1, 0.15) is 5.75 Å². The molecule has 0 N–H and O–H groups in total. The molecular weight excluding hydrogens is 200 g/mol. The van der Waals surface area contributed by atoms with Crippen molar-refractivity contribution in [3.05, 3.63) is 53.7 Å². The third kappa shape index (κ3) is 2.37. The number of hydrogen-bond donors (Lipinski definition) is 0. The first-order valence-electron chi connectivity index (χ1n) is 4.89. The van der Waals surface area contributed by atoms with E-state index < -0.39 is 0 Å². The molecule has 0 unspecified atom stereocenters. The molecule has 0 aliphatic carbocycles. The summed E-state index contributed by atoms with van der Waals surface area (Å²) in [6, 6.07) is 14.8. The molecule has 0 fully saturated rings. The van der Waals surface area contributed by atoms with Crippen molar-refractivity contribution in [2.75, 3.05) is 0 Å². The Morgan fingerprint density at radius 3 is 2.62 bits per heavy atom. The number of nitriles is 1. The van der Waals surface area contributed by atoms with E-state index in [1.54, 1.807) is 12.1 Å². The third-order valence-corrected chi connectivity index (χ3v) is 2.02.